The molecular weight excluding hydrogens is 378 g/mol. The number of hydrogen-bond donors (Lipinski definition) is 2. The lowest BCUT2D eigenvalue weighted by Crippen LogP contribution is -2.33. The third-order valence-corrected chi connectivity index (χ3v) is 5.34. The Kier molecular flexibility index (Phi) is 8.18. The quantitative estimate of drug-likeness (QED) is 0.513. The lowest BCUT2D eigenvalue weighted by molar-refractivity contribution is 0.354. The second-order valence-electron chi connectivity index (χ2n) is 7.49. The van der Waals surface area contributed by atoms with Gasteiger partial charge in [0, 0.05) is 25.8 Å². The number of methoxy groups -OCH3 is 2. The molecule has 0 atom stereocenters. The summed E-state index contributed by atoms with van der Waals surface area (Å²) in [5, 5.41) is 3.16. The van der Waals surface area contributed by atoms with Crippen LogP contribution in [0.15, 0.2) is 41.5 Å². The highest BCUT2D eigenvalue weighted by molar-refractivity contribution is 5.77. The van der Waals surface area contributed by atoms with Crippen LogP contribution in [0.2, 0.25) is 0 Å². The molecule has 0 amide bonds. The van der Waals surface area contributed by atoms with Crippen molar-refractivity contribution in [3.8, 4) is 11.5 Å². The highest BCUT2D eigenvalue weighted by Crippen LogP contribution is 2.27. The molecule has 1 saturated heterocycles. The number of pyridine rings is 1. The van der Waals surface area contributed by atoms with Gasteiger partial charge in [0.15, 0.2) is 17.5 Å². The maximum absolute atomic E-state index is 6.02. The third-order valence-electron chi connectivity index (χ3n) is 5.34. The molecule has 162 valence electrons. The molecule has 0 saturated carbocycles. The third kappa shape index (κ3) is 6.27. The number of nitrogens with zero attached hydrogens (tertiary/aromatic N) is 3. The van der Waals surface area contributed by atoms with Gasteiger partial charge >= 0.3 is 0 Å². The van der Waals surface area contributed by atoms with Crippen molar-refractivity contribution in [3.05, 3.63) is 47.7 Å². The van der Waals surface area contributed by atoms with E-state index in [0.717, 1.165) is 48.0 Å². The van der Waals surface area contributed by atoms with E-state index in [4.69, 9.17) is 15.2 Å². The maximum Gasteiger partial charge on any atom is 0.188 e. The van der Waals surface area contributed by atoms with Crippen LogP contribution >= 0.6 is 0 Å². The molecule has 0 spiro atoms. The first-order valence-corrected chi connectivity index (χ1v) is 10.6. The molecule has 0 radical (unpaired) electrons. The van der Waals surface area contributed by atoms with Crippen LogP contribution in [0, 0.1) is 0 Å². The van der Waals surface area contributed by atoms with Crippen LogP contribution < -0.4 is 25.4 Å². The number of ether oxygens (including phenoxy) is 2. The van der Waals surface area contributed by atoms with Gasteiger partial charge in [0.2, 0.25) is 0 Å². The van der Waals surface area contributed by atoms with Crippen LogP contribution in [0.5, 0.6) is 11.5 Å². The van der Waals surface area contributed by atoms with Gasteiger partial charge in [0.1, 0.15) is 5.82 Å². The van der Waals surface area contributed by atoms with E-state index in [1.807, 2.05) is 24.4 Å². The number of anilines is 1. The van der Waals surface area contributed by atoms with Crippen LogP contribution in [-0.2, 0) is 13.0 Å². The van der Waals surface area contributed by atoms with E-state index < -0.39 is 0 Å². The molecule has 2 aromatic rings. The first-order valence-electron chi connectivity index (χ1n) is 10.6. The van der Waals surface area contributed by atoms with Gasteiger partial charge in [-0.15, -0.1) is 0 Å². The molecule has 3 rings (SSSR count). The molecular formula is C23H33N5O2. The van der Waals surface area contributed by atoms with Crippen molar-refractivity contribution < 1.29 is 9.47 Å². The van der Waals surface area contributed by atoms with E-state index in [0.29, 0.717) is 19.0 Å². The van der Waals surface area contributed by atoms with Crippen LogP contribution in [-0.4, -0.2) is 44.8 Å². The largest absolute Gasteiger partial charge is 0.493 e. The molecule has 1 aromatic heterocycles. The lowest BCUT2D eigenvalue weighted by atomic mass is 10.1. The van der Waals surface area contributed by atoms with Gasteiger partial charge in [0.05, 0.1) is 20.8 Å². The summed E-state index contributed by atoms with van der Waals surface area (Å²) >= 11 is 0. The average molecular weight is 412 g/mol. The fourth-order valence-electron chi connectivity index (χ4n) is 3.60. The maximum atomic E-state index is 6.02. The average Bonchev–Trinajstić information content (AvgIpc) is 3.07. The standard InChI is InChI=1S/C23H33N5O2/c1-29-20-9-7-18(15-21(20)30-2)11-12-25-23(24)27-17-19-8-10-22(26-16-19)28-13-5-3-4-6-14-28/h7-10,15-16H,3-6,11-14,17H2,1-2H3,(H3,24,25,27). The molecule has 0 bridgehead atoms. The van der Waals surface area contributed by atoms with Crippen molar-refractivity contribution in [2.24, 2.45) is 10.7 Å². The molecule has 30 heavy (non-hydrogen) atoms. The summed E-state index contributed by atoms with van der Waals surface area (Å²) in [7, 11) is 3.27. The number of aromatic nitrogens is 1. The number of nitrogens with one attached hydrogen (secondary N) is 1. The molecule has 0 unspecified atom stereocenters. The normalized spacial score (nSPS) is 14.9. The van der Waals surface area contributed by atoms with Crippen LogP contribution in [0.1, 0.15) is 36.8 Å². The molecule has 1 aliphatic rings. The van der Waals surface area contributed by atoms with Crippen molar-refractivity contribution in [1.82, 2.24) is 10.3 Å². The van der Waals surface area contributed by atoms with Gasteiger partial charge in [0.25, 0.3) is 0 Å². The Morgan fingerprint density at radius 2 is 1.77 bits per heavy atom. The summed E-state index contributed by atoms with van der Waals surface area (Å²) in [6.07, 6.45) is 7.85. The van der Waals surface area contributed by atoms with Crippen molar-refractivity contribution >= 4 is 11.8 Å². The molecule has 1 fully saturated rings. The fraction of sp³-hybridized carbons (Fsp3) is 0.478. The summed E-state index contributed by atoms with van der Waals surface area (Å²) in [4.78, 5) is 11.4. The SMILES string of the molecule is COc1ccc(CCNC(N)=NCc2ccc(N3CCCCCC3)nc2)cc1OC. The van der Waals surface area contributed by atoms with Crippen LogP contribution in [0.4, 0.5) is 5.82 Å². The molecule has 0 aliphatic carbocycles. The molecule has 7 heteroatoms. The molecule has 3 N–H and O–H groups in total. The molecule has 7 nitrogen and oxygen atoms in total. The molecule has 1 aromatic carbocycles. The van der Waals surface area contributed by atoms with Gasteiger partial charge < -0.3 is 25.4 Å². The fourth-order valence-corrected chi connectivity index (χ4v) is 3.60. The van der Waals surface area contributed by atoms with Gasteiger partial charge in [-0.3, -0.25) is 0 Å². The van der Waals surface area contributed by atoms with Gasteiger partial charge in [-0.2, -0.15) is 0 Å². The number of benzene rings is 1. The zero-order valence-electron chi connectivity index (χ0n) is 18.1. The zero-order chi connectivity index (χ0) is 21.2. The van der Waals surface area contributed by atoms with Crippen molar-refractivity contribution in [2.75, 3.05) is 38.8 Å². The predicted molar refractivity (Wildman–Crippen MR) is 121 cm³/mol. The Balaban J connectivity index is 1.45. The topological polar surface area (TPSA) is 85.0 Å². The minimum atomic E-state index is 0.437. The first kappa shape index (κ1) is 21.7. The van der Waals surface area contributed by atoms with Crippen molar-refractivity contribution in [3.63, 3.8) is 0 Å². The van der Waals surface area contributed by atoms with E-state index in [1.54, 1.807) is 14.2 Å². The van der Waals surface area contributed by atoms with Crippen LogP contribution in [0.3, 0.4) is 0 Å². The number of aliphatic imine (C=N–C) groups is 1. The Labute approximate surface area is 179 Å². The summed E-state index contributed by atoms with van der Waals surface area (Å²) in [5.41, 5.74) is 8.21. The molecule has 2 heterocycles. The highest BCUT2D eigenvalue weighted by atomic mass is 16.5. The van der Waals surface area contributed by atoms with Gasteiger partial charge in [-0.1, -0.05) is 25.0 Å². The van der Waals surface area contributed by atoms with E-state index in [9.17, 15) is 0 Å². The van der Waals surface area contributed by atoms with E-state index in [1.165, 1.54) is 25.7 Å². The van der Waals surface area contributed by atoms with E-state index in [2.05, 4.69) is 32.3 Å². The summed E-state index contributed by atoms with van der Waals surface area (Å²) < 4.78 is 10.6. The predicted octanol–water partition coefficient (Wildman–Crippen LogP) is 3.13. The summed E-state index contributed by atoms with van der Waals surface area (Å²) in [6.45, 7) is 3.41. The Bertz CT molecular complexity index is 815. The summed E-state index contributed by atoms with van der Waals surface area (Å²) in [6, 6.07) is 10.1. The second-order valence-corrected chi connectivity index (χ2v) is 7.49. The van der Waals surface area contributed by atoms with Crippen molar-refractivity contribution in [2.45, 2.75) is 38.6 Å². The number of rotatable bonds is 8. The summed E-state index contributed by atoms with van der Waals surface area (Å²) in [5.74, 6) is 2.95. The lowest BCUT2D eigenvalue weighted by Gasteiger charge is -2.21. The minimum absolute atomic E-state index is 0.437. The van der Waals surface area contributed by atoms with Gasteiger partial charge in [-0.25, -0.2) is 9.98 Å². The smallest absolute Gasteiger partial charge is 0.188 e. The van der Waals surface area contributed by atoms with Gasteiger partial charge in [-0.05, 0) is 48.6 Å². The Morgan fingerprint density at radius 1 is 1.03 bits per heavy atom. The number of guanidine groups is 1. The number of hydrogen-bond acceptors (Lipinski definition) is 5. The Morgan fingerprint density at radius 3 is 2.43 bits per heavy atom. The van der Waals surface area contributed by atoms with Crippen molar-refractivity contribution in [1.29, 1.82) is 0 Å². The van der Waals surface area contributed by atoms with Crippen LogP contribution in [0.25, 0.3) is 0 Å². The Hall–Kier alpha value is -2.96. The zero-order valence-corrected chi connectivity index (χ0v) is 18.1. The first-order chi connectivity index (χ1) is 14.7. The van der Waals surface area contributed by atoms with E-state index in [-0.39, 0.29) is 0 Å². The molecule has 1 aliphatic heterocycles. The minimum Gasteiger partial charge on any atom is -0.493 e. The monoisotopic (exact) mass is 411 g/mol. The van der Waals surface area contributed by atoms with E-state index >= 15 is 0 Å². The number of nitrogens with two attached hydrogens (primary N) is 1. The highest BCUT2D eigenvalue weighted by Gasteiger charge is 2.10. The second kappa shape index (κ2) is 11.3.